The van der Waals surface area contributed by atoms with E-state index in [0.717, 1.165) is 11.1 Å². The summed E-state index contributed by atoms with van der Waals surface area (Å²) in [4.78, 5) is 23.4. The quantitative estimate of drug-likeness (QED) is 0.591. The number of aryl methyl sites for hydroxylation is 1. The topological polar surface area (TPSA) is 84.9 Å². The molecule has 2 N–H and O–H groups in total. The minimum absolute atomic E-state index is 0.00213. The van der Waals surface area contributed by atoms with Crippen molar-refractivity contribution in [1.82, 2.24) is 5.32 Å². The Morgan fingerprint density at radius 2 is 1.95 bits per heavy atom. The zero-order valence-electron chi connectivity index (χ0n) is 12.7. The predicted octanol–water partition coefficient (Wildman–Crippen LogP) is 1.70. The first kappa shape index (κ1) is 17.7. The van der Waals surface area contributed by atoms with Crippen molar-refractivity contribution < 1.29 is 24.2 Å². The molecule has 0 saturated carbocycles. The number of hydrogen-bond acceptors (Lipinski definition) is 5. The average Bonchev–Trinajstić information content (AvgIpc) is 2.49. The van der Waals surface area contributed by atoms with E-state index in [0.29, 0.717) is 0 Å². The molecule has 1 amide bonds. The Morgan fingerprint density at radius 3 is 2.50 bits per heavy atom. The second-order valence-corrected chi connectivity index (χ2v) is 4.84. The summed E-state index contributed by atoms with van der Waals surface area (Å²) in [5.41, 5.74) is 1.93. The van der Waals surface area contributed by atoms with Gasteiger partial charge in [-0.2, -0.15) is 0 Å². The highest BCUT2D eigenvalue weighted by Gasteiger charge is 2.27. The second kappa shape index (κ2) is 8.84. The third kappa shape index (κ3) is 5.97. The fourth-order valence-electron chi connectivity index (χ4n) is 1.61. The number of benzene rings is 1. The number of nitrogens with one attached hydrogen (secondary N) is 1. The van der Waals surface area contributed by atoms with E-state index in [2.05, 4.69) is 11.9 Å². The van der Waals surface area contributed by atoms with E-state index in [4.69, 9.17) is 9.47 Å². The normalized spacial score (nSPS) is 12.9. The van der Waals surface area contributed by atoms with Gasteiger partial charge < -0.3 is 19.9 Å². The minimum Gasteiger partial charge on any atom is -0.460 e. The first-order valence-electron chi connectivity index (χ1n) is 6.88. The summed E-state index contributed by atoms with van der Waals surface area (Å²) in [5, 5.41) is 11.8. The summed E-state index contributed by atoms with van der Waals surface area (Å²) < 4.78 is 9.82. The van der Waals surface area contributed by atoms with Crippen LogP contribution in [0.5, 0.6) is 0 Å². The summed E-state index contributed by atoms with van der Waals surface area (Å²) in [6.45, 7) is 6.82. The third-order valence-electron chi connectivity index (χ3n) is 2.84. The highest BCUT2D eigenvalue weighted by atomic mass is 16.6. The van der Waals surface area contributed by atoms with Crippen LogP contribution in [0.15, 0.2) is 36.9 Å². The minimum atomic E-state index is -1.19. The van der Waals surface area contributed by atoms with Gasteiger partial charge >= 0.3 is 12.1 Å². The fraction of sp³-hybridized carbons (Fsp3) is 0.375. The van der Waals surface area contributed by atoms with Gasteiger partial charge in [0.05, 0.1) is 6.10 Å². The van der Waals surface area contributed by atoms with Gasteiger partial charge in [0.25, 0.3) is 0 Å². The van der Waals surface area contributed by atoms with Crippen LogP contribution in [0, 0.1) is 6.92 Å². The molecule has 1 rings (SSSR count). The molecule has 6 nitrogen and oxygen atoms in total. The number of esters is 1. The number of aliphatic hydroxyl groups is 1. The molecule has 0 aliphatic heterocycles. The van der Waals surface area contributed by atoms with Crippen LogP contribution in [0.25, 0.3) is 0 Å². The SMILES string of the molecule is C=CCOC(=O)[C@H](NC(=O)OCc1ccc(C)cc1)[C@@H](C)O. The highest BCUT2D eigenvalue weighted by Crippen LogP contribution is 2.05. The van der Waals surface area contributed by atoms with Crippen LogP contribution in [0.1, 0.15) is 18.1 Å². The lowest BCUT2D eigenvalue weighted by molar-refractivity contribution is -0.147. The predicted molar refractivity (Wildman–Crippen MR) is 81.1 cm³/mol. The maximum Gasteiger partial charge on any atom is 0.408 e. The Bertz CT molecular complexity index is 510. The highest BCUT2D eigenvalue weighted by molar-refractivity contribution is 5.82. The van der Waals surface area contributed by atoms with Crippen molar-refractivity contribution in [2.75, 3.05) is 6.61 Å². The summed E-state index contributed by atoms with van der Waals surface area (Å²) in [6.07, 6.45) is -0.515. The molecule has 0 fully saturated rings. The lowest BCUT2D eigenvalue weighted by Crippen LogP contribution is -2.48. The molecule has 120 valence electrons. The summed E-state index contributed by atoms with van der Waals surface area (Å²) in [6, 6.07) is 6.30. The molecule has 1 aromatic rings. The molecule has 2 atom stereocenters. The fourth-order valence-corrected chi connectivity index (χ4v) is 1.61. The van der Waals surface area contributed by atoms with Crippen molar-refractivity contribution >= 4 is 12.1 Å². The van der Waals surface area contributed by atoms with Gasteiger partial charge in [0.1, 0.15) is 13.2 Å². The van der Waals surface area contributed by atoms with Crippen LogP contribution in [0.4, 0.5) is 4.79 Å². The molecule has 6 heteroatoms. The van der Waals surface area contributed by atoms with E-state index in [1.54, 1.807) is 0 Å². The largest absolute Gasteiger partial charge is 0.460 e. The van der Waals surface area contributed by atoms with Crippen LogP contribution < -0.4 is 5.32 Å². The molecule has 22 heavy (non-hydrogen) atoms. The maximum absolute atomic E-state index is 11.7. The Hall–Kier alpha value is -2.34. The first-order valence-corrected chi connectivity index (χ1v) is 6.88. The second-order valence-electron chi connectivity index (χ2n) is 4.84. The molecule has 0 radical (unpaired) electrons. The smallest absolute Gasteiger partial charge is 0.408 e. The van der Waals surface area contributed by atoms with Crippen LogP contribution >= 0.6 is 0 Å². The third-order valence-corrected chi connectivity index (χ3v) is 2.84. The van der Waals surface area contributed by atoms with E-state index in [9.17, 15) is 14.7 Å². The molecule has 0 bridgehead atoms. The Morgan fingerprint density at radius 1 is 1.32 bits per heavy atom. The summed E-state index contributed by atoms with van der Waals surface area (Å²) >= 11 is 0. The first-order chi connectivity index (χ1) is 10.4. The lowest BCUT2D eigenvalue weighted by Gasteiger charge is -2.19. The number of ether oxygens (including phenoxy) is 2. The van der Waals surface area contributed by atoms with Crippen molar-refractivity contribution in [3.63, 3.8) is 0 Å². The molecule has 0 aromatic heterocycles. The van der Waals surface area contributed by atoms with Crippen molar-refractivity contribution in [2.45, 2.75) is 32.6 Å². The van der Waals surface area contributed by atoms with Crippen molar-refractivity contribution in [1.29, 1.82) is 0 Å². The zero-order valence-corrected chi connectivity index (χ0v) is 12.7. The Balaban J connectivity index is 2.50. The number of carbonyl (C=O) groups is 2. The summed E-state index contributed by atoms with van der Waals surface area (Å²) in [7, 11) is 0. The van der Waals surface area contributed by atoms with Gasteiger partial charge in [-0.25, -0.2) is 9.59 Å². The van der Waals surface area contributed by atoms with Gasteiger partial charge in [-0.1, -0.05) is 42.5 Å². The van der Waals surface area contributed by atoms with Gasteiger partial charge in [0.15, 0.2) is 6.04 Å². The molecule has 0 aliphatic carbocycles. The van der Waals surface area contributed by atoms with Crippen molar-refractivity contribution in [2.24, 2.45) is 0 Å². The Kier molecular flexibility index (Phi) is 7.12. The standard InChI is InChI=1S/C16H21NO5/c1-4-9-21-15(19)14(12(3)18)17-16(20)22-10-13-7-5-11(2)6-8-13/h4-8,12,14,18H,1,9-10H2,2-3H3,(H,17,20)/t12-,14-/m1/s1. The van der Waals surface area contributed by atoms with E-state index in [-0.39, 0.29) is 13.2 Å². The summed E-state index contributed by atoms with van der Waals surface area (Å²) in [5.74, 6) is -0.748. The molecular weight excluding hydrogens is 286 g/mol. The number of hydrogen-bond donors (Lipinski definition) is 2. The zero-order chi connectivity index (χ0) is 16.5. The molecule has 0 unspecified atom stereocenters. The van der Waals surface area contributed by atoms with Crippen LogP contribution in [-0.4, -0.2) is 35.9 Å². The maximum atomic E-state index is 11.7. The Labute approximate surface area is 129 Å². The average molecular weight is 307 g/mol. The van der Waals surface area contributed by atoms with Crippen LogP contribution in [-0.2, 0) is 20.9 Å². The molecule has 0 heterocycles. The van der Waals surface area contributed by atoms with Gasteiger partial charge in [-0.15, -0.1) is 0 Å². The molecule has 0 saturated heterocycles. The van der Waals surface area contributed by atoms with Gasteiger partial charge in [0, 0.05) is 0 Å². The van der Waals surface area contributed by atoms with E-state index < -0.39 is 24.2 Å². The number of amides is 1. The van der Waals surface area contributed by atoms with Crippen LogP contribution in [0.2, 0.25) is 0 Å². The number of aliphatic hydroxyl groups excluding tert-OH is 1. The number of carbonyl (C=O) groups excluding carboxylic acids is 2. The molecule has 1 aromatic carbocycles. The molecule has 0 aliphatic rings. The van der Waals surface area contributed by atoms with E-state index >= 15 is 0 Å². The number of rotatable bonds is 7. The van der Waals surface area contributed by atoms with Gasteiger partial charge in [0.2, 0.25) is 0 Å². The van der Waals surface area contributed by atoms with Gasteiger partial charge in [-0.05, 0) is 19.4 Å². The lowest BCUT2D eigenvalue weighted by atomic mass is 10.2. The van der Waals surface area contributed by atoms with Crippen molar-refractivity contribution in [3.05, 3.63) is 48.0 Å². The van der Waals surface area contributed by atoms with Crippen molar-refractivity contribution in [3.8, 4) is 0 Å². The van der Waals surface area contributed by atoms with Gasteiger partial charge in [-0.3, -0.25) is 0 Å². The molecule has 0 spiro atoms. The van der Waals surface area contributed by atoms with Crippen LogP contribution in [0.3, 0.4) is 0 Å². The molecular formula is C16H21NO5. The number of alkyl carbamates (subject to hydrolysis) is 1. The van der Waals surface area contributed by atoms with E-state index in [1.165, 1.54) is 13.0 Å². The monoisotopic (exact) mass is 307 g/mol. The van der Waals surface area contributed by atoms with E-state index in [1.807, 2.05) is 31.2 Å².